The topological polar surface area (TPSA) is 65.7 Å². The number of carbonyl (C=O) groups is 1. The molecular formula is C27H29N3O4S2. The highest BCUT2D eigenvalue weighted by Gasteiger charge is 2.37. The highest BCUT2D eigenvalue weighted by atomic mass is 32.2. The second kappa shape index (κ2) is 11.2. The maximum atomic E-state index is 13.5. The van der Waals surface area contributed by atoms with Crippen molar-refractivity contribution in [3.05, 3.63) is 75.0 Å². The van der Waals surface area contributed by atoms with E-state index in [0.717, 1.165) is 18.4 Å². The summed E-state index contributed by atoms with van der Waals surface area (Å²) >= 11 is 6.73. The Morgan fingerprint density at radius 3 is 2.47 bits per heavy atom. The van der Waals surface area contributed by atoms with E-state index in [-0.39, 0.29) is 17.2 Å². The summed E-state index contributed by atoms with van der Waals surface area (Å²) in [5.41, 5.74) is 2.11. The molecule has 0 unspecified atom stereocenters. The van der Waals surface area contributed by atoms with E-state index in [9.17, 15) is 9.59 Å². The fraction of sp³-hybridized carbons (Fsp3) is 0.296. The average Bonchev–Trinajstić information content (AvgIpc) is 3.26. The molecule has 3 aromatic rings. The summed E-state index contributed by atoms with van der Waals surface area (Å²) in [4.78, 5) is 28.7. The molecule has 0 N–H and O–H groups in total. The Kier molecular flexibility index (Phi) is 8.01. The molecule has 7 nitrogen and oxygen atoms in total. The first-order valence-corrected chi connectivity index (χ1v) is 13.1. The molecule has 0 bridgehead atoms. The number of thiocarbonyl (C=S) groups is 1. The van der Waals surface area contributed by atoms with Gasteiger partial charge in [0.05, 0.1) is 29.5 Å². The molecule has 1 aromatic heterocycles. The largest absolute Gasteiger partial charge is 0.490 e. The Balaban J connectivity index is 1.67. The Bertz CT molecular complexity index is 1380. The minimum atomic E-state index is -0.322. The Labute approximate surface area is 220 Å². The van der Waals surface area contributed by atoms with Crippen LogP contribution in [0.4, 0.5) is 5.69 Å². The normalized spacial score (nSPS) is 14.7. The highest BCUT2D eigenvalue weighted by molar-refractivity contribution is 8.27. The van der Waals surface area contributed by atoms with E-state index in [1.807, 2.05) is 62.4 Å². The molecule has 4 rings (SSSR count). The monoisotopic (exact) mass is 523 g/mol. The lowest BCUT2D eigenvalue weighted by Crippen LogP contribution is -2.33. The van der Waals surface area contributed by atoms with Crippen LogP contribution in [0.15, 0.2) is 58.2 Å². The van der Waals surface area contributed by atoms with Gasteiger partial charge in [0.1, 0.15) is 5.69 Å². The van der Waals surface area contributed by atoms with E-state index >= 15 is 0 Å². The van der Waals surface area contributed by atoms with Crippen LogP contribution >= 0.6 is 24.0 Å². The maximum Gasteiger partial charge on any atom is 0.296 e. The maximum absolute atomic E-state index is 13.5. The van der Waals surface area contributed by atoms with Crippen LogP contribution in [-0.4, -0.2) is 32.8 Å². The molecule has 0 spiro atoms. The minimum absolute atomic E-state index is 0.266. The molecule has 0 aliphatic carbocycles. The molecule has 1 amide bonds. The molecule has 36 heavy (non-hydrogen) atoms. The van der Waals surface area contributed by atoms with E-state index in [1.165, 1.54) is 16.7 Å². The summed E-state index contributed by atoms with van der Waals surface area (Å²) in [6, 6.07) is 14.9. The lowest BCUT2D eigenvalue weighted by atomic mass is 10.1. The number of rotatable bonds is 9. The van der Waals surface area contributed by atoms with Crippen molar-refractivity contribution in [2.45, 2.75) is 33.6 Å². The average molecular weight is 524 g/mol. The standard InChI is InChI=1S/C27H29N3O4S2/c1-5-7-15-34-21-14-13-19(16-22(21)33-6-2)17-23-25(31)29(27(35)36-23)24-18(3)28(4)30(26(24)32)20-11-9-8-10-12-20/h8-14,16-17H,5-7,15H2,1-4H3. The number of ether oxygens (including phenoxy) is 2. The van der Waals surface area contributed by atoms with Crippen molar-refractivity contribution >= 4 is 46.0 Å². The van der Waals surface area contributed by atoms with Crippen molar-refractivity contribution in [1.29, 1.82) is 0 Å². The first kappa shape index (κ1) is 25.8. The van der Waals surface area contributed by atoms with Crippen LogP contribution < -0.4 is 19.9 Å². The number of para-hydroxylation sites is 1. The first-order chi connectivity index (χ1) is 17.4. The molecule has 9 heteroatoms. The van der Waals surface area contributed by atoms with Crippen molar-refractivity contribution in [2.75, 3.05) is 18.1 Å². The molecule has 1 aliphatic rings. The van der Waals surface area contributed by atoms with Crippen LogP contribution in [0.5, 0.6) is 11.5 Å². The van der Waals surface area contributed by atoms with Gasteiger partial charge in [0, 0.05) is 7.05 Å². The predicted octanol–water partition coefficient (Wildman–Crippen LogP) is 5.47. The molecule has 0 atom stereocenters. The lowest BCUT2D eigenvalue weighted by Gasteiger charge is -2.13. The molecule has 1 aliphatic heterocycles. The predicted molar refractivity (Wildman–Crippen MR) is 149 cm³/mol. The fourth-order valence-corrected chi connectivity index (χ4v) is 5.22. The smallest absolute Gasteiger partial charge is 0.296 e. The SMILES string of the molecule is CCCCOc1ccc(C=C2SC(=S)N(c3c(C)n(C)n(-c4ccccc4)c3=O)C2=O)cc1OCC. The third-order valence-electron chi connectivity index (χ3n) is 5.86. The number of amides is 1. The van der Waals surface area contributed by atoms with Gasteiger partial charge >= 0.3 is 0 Å². The van der Waals surface area contributed by atoms with Crippen LogP contribution in [0, 0.1) is 6.92 Å². The zero-order valence-corrected chi connectivity index (χ0v) is 22.4. The number of thioether (sulfide) groups is 1. The van der Waals surface area contributed by atoms with Crippen LogP contribution in [0.2, 0.25) is 0 Å². The molecule has 1 fully saturated rings. The summed E-state index contributed by atoms with van der Waals surface area (Å²) in [6.45, 7) is 6.95. The number of aromatic nitrogens is 2. The molecule has 2 heterocycles. The van der Waals surface area contributed by atoms with Gasteiger partial charge in [0.2, 0.25) is 0 Å². The second-order valence-corrected chi connectivity index (χ2v) is 9.94. The molecule has 0 radical (unpaired) electrons. The van der Waals surface area contributed by atoms with Gasteiger partial charge in [-0.3, -0.25) is 19.2 Å². The summed E-state index contributed by atoms with van der Waals surface area (Å²) in [6.07, 6.45) is 3.77. The van der Waals surface area contributed by atoms with E-state index in [0.29, 0.717) is 45.3 Å². The third-order valence-corrected chi connectivity index (χ3v) is 7.16. The Morgan fingerprint density at radius 1 is 1.03 bits per heavy atom. The van der Waals surface area contributed by atoms with Gasteiger partial charge in [-0.1, -0.05) is 61.6 Å². The van der Waals surface area contributed by atoms with E-state index < -0.39 is 0 Å². The van der Waals surface area contributed by atoms with Gasteiger partial charge in [-0.2, -0.15) is 0 Å². The number of nitrogens with zero attached hydrogens (tertiary/aromatic N) is 3. The minimum Gasteiger partial charge on any atom is -0.490 e. The second-order valence-electron chi connectivity index (χ2n) is 8.27. The van der Waals surface area contributed by atoms with E-state index in [2.05, 4.69) is 6.92 Å². The molecule has 2 aromatic carbocycles. The highest BCUT2D eigenvalue weighted by Crippen LogP contribution is 2.37. The summed E-state index contributed by atoms with van der Waals surface area (Å²) in [7, 11) is 1.79. The van der Waals surface area contributed by atoms with Crippen LogP contribution in [0.1, 0.15) is 37.9 Å². The van der Waals surface area contributed by atoms with E-state index in [4.69, 9.17) is 21.7 Å². The number of carbonyl (C=O) groups excluding carboxylic acids is 1. The van der Waals surface area contributed by atoms with E-state index in [1.54, 1.807) is 22.5 Å². The Hall–Kier alpha value is -3.30. The van der Waals surface area contributed by atoms with Crippen molar-refractivity contribution in [2.24, 2.45) is 7.05 Å². The van der Waals surface area contributed by atoms with Crippen molar-refractivity contribution in [3.63, 3.8) is 0 Å². The number of hydrogen-bond donors (Lipinski definition) is 0. The molecule has 1 saturated heterocycles. The van der Waals surface area contributed by atoms with Gasteiger partial charge in [-0.25, -0.2) is 4.68 Å². The van der Waals surface area contributed by atoms with Crippen LogP contribution in [-0.2, 0) is 11.8 Å². The lowest BCUT2D eigenvalue weighted by molar-refractivity contribution is -0.113. The van der Waals surface area contributed by atoms with Crippen molar-refractivity contribution in [1.82, 2.24) is 9.36 Å². The van der Waals surface area contributed by atoms with Crippen molar-refractivity contribution < 1.29 is 14.3 Å². The summed E-state index contributed by atoms with van der Waals surface area (Å²) < 4.78 is 15.2. The number of unbranched alkanes of at least 4 members (excludes halogenated alkanes) is 1. The summed E-state index contributed by atoms with van der Waals surface area (Å²) in [5.74, 6) is 0.982. The van der Waals surface area contributed by atoms with Crippen LogP contribution in [0.25, 0.3) is 11.8 Å². The van der Waals surface area contributed by atoms with Gasteiger partial charge in [0.15, 0.2) is 15.8 Å². The zero-order valence-electron chi connectivity index (χ0n) is 20.8. The molecule has 0 saturated carbocycles. The molecule has 188 valence electrons. The van der Waals surface area contributed by atoms with Crippen molar-refractivity contribution in [3.8, 4) is 17.2 Å². The fourth-order valence-electron chi connectivity index (χ4n) is 3.95. The zero-order chi connectivity index (χ0) is 25.8. The summed E-state index contributed by atoms with van der Waals surface area (Å²) in [5, 5.41) is 0. The first-order valence-electron chi connectivity index (χ1n) is 11.9. The van der Waals surface area contributed by atoms with Gasteiger partial charge in [0.25, 0.3) is 11.5 Å². The van der Waals surface area contributed by atoms with Gasteiger partial charge in [-0.15, -0.1) is 0 Å². The Morgan fingerprint density at radius 2 is 1.78 bits per heavy atom. The number of benzene rings is 2. The van der Waals surface area contributed by atoms with Gasteiger partial charge in [-0.05, 0) is 56.2 Å². The third kappa shape index (κ3) is 4.99. The number of anilines is 1. The van der Waals surface area contributed by atoms with Crippen LogP contribution in [0.3, 0.4) is 0 Å². The van der Waals surface area contributed by atoms with Gasteiger partial charge < -0.3 is 9.47 Å². The quantitative estimate of drug-likeness (QED) is 0.211. The number of hydrogen-bond acceptors (Lipinski definition) is 6. The molecular weight excluding hydrogens is 494 g/mol.